The van der Waals surface area contributed by atoms with E-state index in [1.807, 2.05) is 18.2 Å². The predicted molar refractivity (Wildman–Crippen MR) is 113 cm³/mol. The first-order valence-electron chi connectivity index (χ1n) is 7.46. The van der Waals surface area contributed by atoms with Crippen LogP contribution in [0.1, 0.15) is 16.7 Å². The summed E-state index contributed by atoms with van der Waals surface area (Å²) in [6.07, 6.45) is 0.720. The fourth-order valence-corrected chi connectivity index (χ4v) is 2.43. The lowest BCUT2D eigenvalue weighted by atomic mass is 10.1. The van der Waals surface area contributed by atoms with Gasteiger partial charge in [-0.25, -0.2) is 0 Å². The first-order valence-corrected chi connectivity index (χ1v) is 7.84. The monoisotopic (exact) mass is 459 g/mol. The molecule has 0 bridgehead atoms. The number of hydrogen-bond donors (Lipinski definition) is 2. The summed E-state index contributed by atoms with van der Waals surface area (Å²) in [5, 5.41) is 3.78. The van der Waals surface area contributed by atoms with Gasteiger partial charge in [-0.15, -0.1) is 24.0 Å². The van der Waals surface area contributed by atoms with Crippen molar-refractivity contribution < 1.29 is 4.74 Å². The van der Waals surface area contributed by atoms with Crippen molar-refractivity contribution in [1.29, 1.82) is 0 Å². The van der Waals surface area contributed by atoms with E-state index in [1.165, 1.54) is 11.1 Å². The van der Waals surface area contributed by atoms with Gasteiger partial charge < -0.3 is 15.8 Å². The number of aryl methyl sites for hydroxylation is 2. The molecule has 0 amide bonds. The van der Waals surface area contributed by atoms with E-state index in [0.717, 1.165) is 23.4 Å². The predicted octanol–water partition coefficient (Wildman–Crippen LogP) is 4.55. The molecule has 3 N–H and O–H groups in total. The van der Waals surface area contributed by atoms with Gasteiger partial charge in [-0.3, -0.25) is 4.99 Å². The van der Waals surface area contributed by atoms with E-state index in [4.69, 9.17) is 22.1 Å². The van der Waals surface area contributed by atoms with E-state index >= 15 is 0 Å². The number of guanidine groups is 1. The van der Waals surface area contributed by atoms with Gasteiger partial charge in [0.25, 0.3) is 0 Å². The Kier molecular flexibility index (Phi) is 8.35. The topological polar surface area (TPSA) is 59.6 Å². The molecule has 0 radical (unpaired) electrons. The van der Waals surface area contributed by atoms with Crippen LogP contribution in [-0.2, 0) is 6.42 Å². The highest BCUT2D eigenvalue weighted by molar-refractivity contribution is 14.0. The molecule has 0 heterocycles. The maximum absolute atomic E-state index is 6.21. The van der Waals surface area contributed by atoms with Gasteiger partial charge in [-0.1, -0.05) is 23.7 Å². The Bertz CT molecular complexity index is 719. The first-order chi connectivity index (χ1) is 11.0. The molecule has 130 valence electrons. The lowest BCUT2D eigenvalue weighted by molar-refractivity contribution is 0.414. The Labute approximate surface area is 165 Å². The molecular formula is C18H23ClIN3O. The van der Waals surface area contributed by atoms with E-state index < -0.39 is 0 Å². The van der Waals surface area contributed by atoms with Crippen LogP contribution in [0, 0.1) is 13.8 Å². The molecule has 0 spiro atoms. The zero-order valence-corrected chi connectivity index (χ0v) is 17.2. The number of nitrogens with zero attached hydrogens (tertiary/aromatic N) is 1. The molecule has 24 heavy (non-hydrogen) atoms. The molecule has 0 saturated heterocycles. The van der Waals surface area contributed by atoms with Crippen molar-refractivity contribution in [2.45, 2.75) is 20.3 Å². The number of hydrogen-bond acceptors (Lipinski definition) is 2. The fraction of sp³-hybridized carbons (Fsp3) is 0.278. The third kappa shape index (κ3) is 5.87. The Morgan fingerprint density at radius 3 is 2.54 bits per heavy atom. The zero-order valence-electron chi connectivity index (χ0n) is 14.1. The Morgan fingerprint density at radius 1 is 1.17 bits per heavy atom. The van der Waals surface area contributed by atoms with E-state index in [2.05, 4.69) is 36.3 Å². The third-order valence-corrected chi connectivity index (χ3v) is 4.05. The summed E-state index contributed by atoms with van der Waals surface area (Å²) in [6, 6.07) is 11.7. The zero-order chi connectivity index (χ0) is 16.8. The van der Waals surface area contributed by atoms with Gasteiger partial charge in [0.1, 0.15) is 5.75 Å². The quantitative estimate of drug-likeness (QED) is 0.392. The van der Waals surface area contributed by atoms with Crippen LogP contribution >= 0.6 is 35.6 Å². The molecule has 0 aliphatic rings. The van der Waals surface area contributed by atoms with Crippen molar-refractivity contribution in [3.05, 3.63) is 58.1 Å². The van der Waals surface area contributed by atoms with Gasteiger partial charge in [0.05, 0.1) is 7.11 Å². The first kappa shape index (κ1) is 20.6. The maximum Gasteiger partial charge on any atom is 0.193 e. The molecule has 0 atom stereocenters. The summed E-state index contributed by atoms with van der Waals surface area (Å²) < 4.78 is 5.14. The number of anilines is 1. The van der Waals surface area contributed by atoms with Crippen molar-refractivity contribution in [3.63, 3.8) is 0 Å². The standard InChI is InChI=1S/C18H22ClN3O.HI/c1-12-4-6-15(10-13(12)2)22-18(20)21-9-8-14-5-7-16(23-3)11-17(14)19;/h4-7,10-11H,8-9H2,1-3H3,(H3,20,21,22);1H. The molecule has 2 aromatic rings. The molecule has 2 aromatic carbocycles. The fourth-order valence-electron chi connectivity index (χ4n) is 2.16. The van der Waals surface area contributed by atoms with Crippen molar-refractivity contribution >= 4 is 47.2 Å². The molecule has 0 aromatic heterocycles. The van der Waals surface area contributed by atoms with Crippen LogP contribution in [0.25, 0.3) is 0 Å². The molecule has 0 aliphatic heterocycles. The smallest absolute Gasteiger partial charge is 0.193 e. The molecule has 0 fully saturated rings. The molecule has 2 rings (SSSR count). The van der Waals surface area contributed by atoms with Crippen LogP contribution in [0.3, 0.4) is 0 Å². The molecule has 4 nitrogen and oxygen atoms in total. The molecule has 6 heteroatoms. The van der Waals surface area contributed by atoms with Crippen LogP contribution in [-0.4, -0.2) is 19.6 Å². The number of rotatable bonds is 5. The van der Waals surface area contributed by atoms with Gasteiger partial charge in [0, 0.05) is 17.3 Å². The molecular weight excluding hydrogens is 437 g/mol. The van der Waals surface area contributed by atoms with Crippen LogP contribution < -0.4 is 15.8 Å². The second kappa shape index (κ2) is 9.74. The van der Waals surface area contributed by atoms with E-state index in [0.29, 0.717) is 17.5 Å². The van der Waals surface area contributed by atoms with Gasteiger partial charge >= 0.3 is 0 Å². The number of nitrogens with two attached hydrogens (primary N) is 1. The molecule has 0 saturated carbocycles. The minimum Gasteiger partial charge on any atom is -0.497 e. The summed E-state index contributed by atoms with van der Waals surface area (Å²) >= 11 is 6.21. The summed E-state index contributed by atoms with van der Waals surface area (Å²) in [6.45, 7) is 4.71. The number of benzene rings is 2. The highest BCUT2D eigenvalue weighted by Gasteiger charge is 2.02. The molecule has 0 unspecified atom stereocenters. The number of halogens is 2. The summed E-state index contributed by atoms with van der Waals surface area (Å²) in [5.41, 5.74) is 10.4. The minimum atomic E-state index is 0. The van der Waals surface area contributed by atoms with Crippen molar-refractivity contribution in [2.24, 2.45) is 10.7 Å². The normalized spacial score (nSPS) is 10.9. The Hall–Kier alpha value is -1.47. The summed E-state index contributed by atoms with van der Waals surface area (Å²) in [7, 11) is 1.62. The van der Waals surface area contributed by atoms with Crippen molar-refractivity contribution in [3.8, 4) is 5.75 Å². The van der Waals surface area contributed by atoms with Crippen molar-refractivity contribution in [1.82, 2.24) is 0 Å². The summed E-state index contributed by atoms with van der Waals surface area (Å²) in [5.74, 6) is 1.15. The number of ether oxygens (including phenoxy) is 1. The van der Waals surface area contributed by atoms with E-state index in [-0.39, 0.29) is 24.0 Å². The van der Waals surface area contributed by atoms with Gasteiger partial charge in [-0.2, -0.15) is 0 Å². The van der Waals surface area contributed by atoms with Gasteiger partial charge in [0.2, 0.25) is 0 Å². The second-order valence-electron chi connectivity index (χ2n) is 5.40. The number of methoxy groups -OCH3 is 1. The highest BCUT2D eigenvalue weighted by Crippen LogP contribution is 2.22. The van der Waals surface area contributed by atoms with Crippen LogP contribution in [0.5, 0.6) is 5.75 Å². The maximum atomic E-state index is 6.21. The van der Waals surface area contributed by atoms with Crippen LogP contribution in [0.15, 0.2) is 41.4 Å². The highest BCUT2D eigenvalue weighted by atomic mass is 127. The van der Waals surface area contributed by atoms with Crippen molar-refractivity contribution in [2.75, 3.05) is 19.0 Å². The summed E-state index contributed by atoms with van der Waals surface area (Å²) in [4.78, 5) is 4.34. The Balaban J connectivity index is 0.00000288. The van der Waals surface area contributed by atoms with Gasteiger partial charge in [0.15, 0.2) is 5.96 Å². The largest absolute Gasteiger partial charge is 0.497 e. The Morgan fingerprint density at radius 2 is 1.92 bits per heavy atom. The molecule has 0 aliphatic carbocycles. The lowest BCUT2D eigenvalue weighted by Gasteiger charge is -2.08. The van der Waals surface area contributed by atoms with E-state index in [1.54, 1.807) is 13.2 Å². The number of nitrogens with one attached hydrogen (secondary N) is 1. The number of aliphatic imine (C=N–C) groups is 1. The SMILES string of the molecule is COc1ccc(CCN=C(N)Nc2ccc(C)c(C)c2)c(Cl)c1.I. The third-order valence-electron chi connectivity index (χ3n) is 3.70. The average Bonchev–Trinajstić information content (AvgIpc) is 2.52. The minimum absolute atomic E-state index is 0. The average molecular weight is 460 g/mol. The van der Waals surface area contributed by atoms with Crippen LogP contribution in [0.4, 0.5) is 5.69 Å². The lowest BCUT2D eigenvalue weighted by Crippen LogP contribution is -2.23. The van der Waals surface area contributed by atoms with E-state index in [9.17, 15) is 0 Å². The second-order valence-corrected chi connectivity index (χ2v) is 5.81. The van der Waals surface area contributed by atoms with Crippen LogP contribution in [0.2, 0.25) is 5.02 Å². The van der Waals surface area contributed by atoms with Gasteiger partial charge in [-0.05, 0) is 61.2 Å².